The van der Waals surface area contributed by atoms with E-state index in [2.05, 4.69) is 0 Å². The van der Waals surface area contributed by atoms with Crippen LogP contribution in [-0.4, -0.2) is 83.4 Å². The molecular weight excluding hydrogens is 480 g/mol. The molecule has 4 atom stereocenters. The molecule has 0 radical (unpaired) electrons. The van der Waals surface area contributed by atoms with E-state index in [9.17, 15) is 24.3 Å². The van der Waals surface area contributed by atoms with E-state index in [1.165, 1.54) is 0 Å². The minimum Gasteiger partial charge on any atom is -0.479 e. The molecule has 13 heteroatoms. The molecule has 15 N–H and O–H groups in total. The molecule has 0 aromatic rings. The maximum Gasteiger partial charge on any atom is 0.338 e. The minimum absolute atomic E-state index is 0.142. The Morgan fingerprint density at radius 3 is 1.30 bits per heavy atom. The van der Waals surface area contributed by atoms with Crippen LogP contribution >= 0.6 is 0 Å². The second-order valence-electron chi connectivity index (χ2n) is 9.46. The van der Waals surface area contributed by atoms with Crippen LogP contribution in [0.2, 0.25) is 0 Å². The number of aliphatic carboxylic acids is 1. The summed E-state index contributed by atoms with van der Waals surface area (Å²) in [5.41, 5.74) is 38.0. The van der Waals surface area contributed by atoms with Gasteiger partial charge in [-0.25, -0.2) is 4.79 Å². The van der Waals surface area contributed by atoms with Gasteiger partial charge < -0.3 is 45.2 Å². The molecule has 13 nitrogen and oxygen atoms in total. The Kier molecular flexibility index (Phi) is 18.1. The Morgan fingerprint density at radius 1 is 0.595 bits per heavy atom. The van der Waals surface area contributed by atoms with E-state index < -0.39 is 47.2 Å². The highest BCUT2D eigenvalue weighted by Gasteiger charge is 2.57. The molecule has 0 saturated heterocycles. The first-order chi connectivity index (χ1) is 17.6. The summed E-state index contributed by atoms with van der Waals surface area (Å²) in [6.45, 7) is 1.36. The number of hydrogen-bond donors (Lipinski definition) is 8. The van der Waals surface area contributed by atoms with E-state index in [0.717, 1.165) is 0 Å². The smallest absolute Gasteiger partial charge is 0.338 e. The van der Waals surface area contributed by atoms with Crippen molar-refractivity contribution in [2.24, 2.45) is 40.1 Å². The number of hydrogen-bond acceptors (Lipinski definition) is 11. The molecule has 0 rings (SSSR count). The van der Waals surface area contributed by atoms with Gasteiger partial charge in [-0.15, -0.1) is 0 Å². The van der Waals surface area contributed by atoms with Gasteiger partial charge in [-0.2, -0.15) is 0 Å². The predicted molar refractivity (Wildman–Crippen MR) is 143 cm³/mol. The summed E-state index contributed by atoms with van der Waals surface area (Å²) in [6, 6.07) is -3.71. The van der Waals surface area contributed by atoms with Crippen molar-refractivity contribution in [1.82, 2.24) is 4.90 Å². The molecule has 216 valence electrons. The Balaban J connectivity index is 6.65. The second kappa shape index (κ2) is 19.1. The highest BCUT2D eigenvalue weighted by Crippen LogP contribution is 2.29. The number of imide groups is 1. The molecule has 0 heterocycles. The molecule has 0 spiro atoms. The molecule has 0 aromatic carbocycles. The Morgan fingerprint density at radius 2 is 0.946 bits per heavy atom. The summed E-state index contributed by atoms with van der Waals surface area (Å²) in [5, 5.41) is 10.5. The van der Waals surface area contributed by atoms with Crippen molar-refractivity contribution in [3.05, 3.63) is 0 Å². The number of nitrogens with two attached hydrogens (primary N) is 7. The van der Waals surface area contributed by atoms with Crippen molar-refractivity contribution in [2.75, 3.05) is 26.2 Å². The maximum atomic E-state index is 13.8. The van der Waals surface area contributed by atoms with Crippen LogP contribution in [0.25, 0.3) is 0 Å². The number of rotatable bonds is 22. The SMILES string of the molecule is NCCCC[C@H](N)C(=O)N(C(=O)[C@@H](N)CCCCN)[C@](CCCCN)(C(=O)O)C(=O)[C@@H](N)CCCCN. The fourth-order valence-corrected chi connectivity index (χ4v) is 4.21. The summed E-state index contributed by atoms with van der Waals surface area (Å²) < 4.78 is 0. The minimum atomic E-state index is -2.57. The van der Waals surface area contributed by atoms with E-state index in [0.29, 0.717) is 69.5 Å². The highest BCUT2D eigenvalue weighted by atomic mass is 16.4. The molecule has 0 unspecified atom stereocenters. The van der Waals surface area contributed by atoms with Gasteiger partial charge in [0.25, 0.3) is 0 Å². The number of amides is 2. The first-order valence-corrected chi connectivity index (χ1v) is 13.3. The predicted octanol–water partition coefficient (Wildman–Crippen LogP) is -1.77. The summed E-state index contributed by atoms with van der Waals surface area (Å²) in [6.07, 6.45) is 3.79. The van der Waals surface area contributed by atoms with Crippen LogP contribution in [0.5, 0.6) is 0 Å². The first kappa shape index (κ1) is 35.0. The van der Waals surface area contributed by atoms with Gasteiger partial charge in [0.05, 0.1) is 18.1 Å². The molecule has 0 saturated carbocycles. The fourth-order valence-electron chi connectivity index (χ4n) is 4.21. The van der Waals surface area contributed by atoms with Gasteiger partial charge in [0.15, 0.2) is 5.78 Å². The Labute approximate surface area is 220 Å². The average Bonchev–Trinajstić information content (AvgIpc) is 2.87. The molecule has 37 heavy (non-hydrogen) atoms. The molecule has 0 aromatic heterocycles. The summed E-state index contributed by atoms with van der Waals surface area (Å²) in [5.74, 6) is -4.56. The lowest BCUT2D eigenvalue weighted by molar-refractivity contribution is -0.173. The highest BCUT2D eigenvalue weighted by molar-refractivity contribution is 6.17. The number of carbonyl (C=O) groups is 4. The molecule has 0 aliphatic heterocycles. The zero-order valence-corrected chi connectivity index (χ0v) is 22.1. The van der Waals surface area contributed by atoms with Crippen LogP contribution < -0.4 is 40.1 Å². The van der Waals surface area contributed by atoms with Gasteiger partial charge in [-0.3, -0.25) is 19.3 Å². The number of Topliss-reactive ketones (excluding diaryl/α,β-unsaturated/α-hetero) is 1. The number of nitrogens with zero attached hydrogens (tertiary/aromatic N) is 1. The van der Waals surface area contributed by atoms with Crippen LogP contribution in [0.1, 0.15) is 77.0 Å². The molecule has 0 fully saturated rings. The summed E-state index contributed by atoms with van der Waals surface area (Å²) >= 11 is 0. The van der Waals surface area contributed by atoms with Crippen molar-refractivity contribution in [1.29, 1.82) is 0 Å². The monoisotopic (exact) mass is 530 g/mol. The number of carboxylic acids is 1. The van der Waals surface area contributed by atoms with Crippen LogP contribution in [-0.2, 0) is 19.2 Å². The number of unbranched alkanes of at least 4 members (excludes halogenated alkanes) is 4. The molecule has 0 bridgehead atoms. The van der Waals surface area contributed by atoms with Gasteiger partial charge in [0, 0.05) is 0 Å². The van der Waals surface area contributed by atoms with Gasteiger partial charge in [-0.05, 0) is 84.0 Å². The topological polar surface area (TPSA) is 274 Å². The first-order valence-electron chi connectivity index (χ1n) is 13.3. The van der Waals surface area contributed by atoms with E-state index >= 15 is 0 Å². The Bertz CT molecular complexity index is 683. The third-order valence-electron chi connectivity index (χ3n) is 6.46. The Hall–Kier alpha value is -2.00. The van der Waals surface area contributed by atoms with E-state index in [1.807, 2.05) is 0 Å². The number of carbonyl (C=O) groups excluding carboxylic acids is 3. The standard InChI is InChI=1S/C24H50N8O5/c25-13-5-1-9-17(29)20(33)24(23(36)37,12-4-8-16-28)32(21(34)18(30)10-2-6-14-26)22(35)19(31)11-3-7-15-27/h17-19H,1-16,25-31H2,(H,36,37)/t17-,18-,19-,24-/m0/s1. The van der Waals surface area contributed by atoms with Gasteiger partial charge in [-0.1, -0.05) is 19.3 Å². The molecular formula is C24H50N8O5. The lowest BCUT2D eigenvalue weighted by Crippen LogP contribution is -2.70. The summed E-state index contributed by atoms with van der Waals surface area (Å²) in [4.78, 5) is 54.5. The third-order valence-corrected chi connectivity index (χ3v) is 6.46. The third kappa shape index (κ3) is 10.7. The largest absolute Gasteiger partial charge is 0.479 e. The van der Waals surface area contributed by atoms with E-state index in [1.54, 1.807) is 0 Å². The van der Waals surface area contributed by atoms with Crippen molar-refractivity contribution >= 4 is 23.6 Å². The van der Waals surface area contributed by atoms with Crippen molar-refractivity contribution < 1.29 is 24.3 Å². The van der Waals surface area contributed by atoms with Gasteiger partial charge >= 0.3 is 5.97 Å². The van der Waals surface area contributed by atoms with E-state index in [-0.39, 0.29) is 38.6 Å². The van der Waals surface area contributed by atoms with Crippen LogP contribution in [0.3, 0.4) is 0 Å². The molecule has 0 aliphatic carbocycles. The van der Waals surface area contributed by atoms with Crippen molar-refractivity contribution in [2.45, 2.75) is 101 Å². The van der Waals surface area contributed by atoms with Gasteiger partial charge in [0.2, 0.25) is 17.4 Å². The second-order valence-corrected chi connectivity index (χ2v) is 9.46. The lowest BCUT2D eigenvalue weighted by Gasteiger charge is -2.41. The normalized spacial score (nSPS) is 15.4. The lowest BCUT2D eigenvalue weighted by atomic mass is 9.80. The average molecular weight is 531 g/mol. The molecule has 2 amide bonds. The van der Waals surface area contributed by atoms with Crippen LogP contribution in [0.4, 0.5) is 0 Å². The van der Waals surface area contributed by atoms with Crippen molar-refractivity contribution in [3.63, 3.8) is 0 Å². The number of ketones is 1. The number of carboxylic acid groups (broad SMARTS) is 1. The van der Waals surface area contributed by atoms with Gasteiger partial charge in [0.1, 0.15) is 0 Å². The molecule has 0 aliphatic rings. The quantitative estimate of drug-likeness (QED) is 0.0570. The fraction of sp³-hybridized carbons (Fsp3) is 0.833. The van der Waals surface area contributed by atoms with Crippen molar-refractivity contribution in [3.8, 4) is 0 Å². The van der Waals surface area contributed by atoms with Crippen LogP contribution in [0, 0.1) is 0 Å². The van der Waals surface area contributed by atoms with Crippen LogP contribution in [0.15, 0.2) is 0 Å². The zero-order chi connectivity index (χ0) is 28.4. The van der Waals surface area contributed by atoms with E-state index in [4.69, 9.17) is 40.1 Å². The maximum absolute atomic E-state index is 13.8. The summed E-state index contributed by atoms with van der Waals surface area (Å²) in [7, 11) is 0. The zero-order valence-electron chi connectivity index (χ0n) is 22.1.